The lowest BCUT2D eigenvalue weighted by molar-refractivity contribution is 0.200. The van der Waals surface area contributed by atoms with Gasteiger partial charge in [-0.2, -0.15) is 0 Å². The maximum absolute atomic E-state index is 12.4. The second-order valence-electron chi connectivity index (χ2n) is 5.17. The van der Waals surface area contributed by atoms with Crippen molar-refractivity contribution < 1.29 is 8.95 Å². The van der Waals surface area contributed by atoms with Gasteiger partial charge in [0, 0.05) is 36.3 Å². The molecule has 0 aromatic carbocycles. The minimum absolute atomic E-state index is 0.357. The molecule has 0 heterocycles. The van der Waals surface area contributed by atoms with E-state index in [4.69, 9.17) is 4.74 Å². The van der Waals surface area contributed by atoms with Gasteiger partial charge in [0.2, 0.25) is 0 Å². The molecule has 0 aromatic heterocycles. The van der Waals surface area contributed by atoms with Crippen LogP contribution in [0, 0.1) is 0 Å². The number of nitrogens with one attached hydrogen (secondary N) is 1. The van der Waals surface area contributed by atoms with Crippen LogP contribution in [0.1, 0.15) is 51.9 Å². The Morgan fingerprint density at radius 2 is 2.06 bits per heavy atom. The SMILES string of the molecule is CCCNC1CCCCCC1S(=O)CCCOC. The van der Waals surface area contributed by atoms with E-state index in [1.54, 1.807) is 7.11 Å². The predicted molar refractivity (Wildman–Crippen MR) is 78.5 cm³/mol. The predicted octanol–water partition coefficient (Wildman–Crippen LogP) is 2.47. The van der Waals surface area contributed by atoms with Gasteiger partial charge in [-0.05, 0) is 32.2 Å². The summed E-state index contributed by atoms with van der Waals surface area (Å²) in [5, 5.41) is 3.97. The standard InChI is InChI=1S/C14H29NO2S/c1-3-10-15-13-8-5-4-6-9-14(13)18(16)12-7-11-17-2/h13-15H,3-12H2,1-2H3. The van der Waals surface area contributed by atoms with E-state index in [9.17, 15) is 4.21 Å². The van der Waals surface area contributed by atoms with E-state index < -0.39 is 10.8 Å². The van der Waals surface area contributed by atoms with Crippen molar-refractivity contribution in [3.8, 4) is 0 Å². The number of hydrogen-bond donors (Lipinski definition) is 1. The van der Waals surface area contributed by atoms with Gasteiger partial charge in [-0.15, -0.1) is 0 Å². The highest BCUT2D eigenvalue weighted by Gasteiger charge is 2.27. The van der Waals surface area contributed by atoms with E-state index in [-0.39, 0.29) is 0 Å². The summed E-state index contributed by atoms with van der Waals surface area (Å²) < 4.78 is 17.5. The summed E-state index contributed by atoms with van der Waals surface area (Å²) in [7, 11) is 1.01. The normalized spacial score (nSPS) is 26.8. The average molecular weight is 275 g/mol. The Hall–Kier alpha value is 0.0700. The first-order valence-corrected chi connectivity index (χ1v) is 8.77. The zero-order valence-electron chi connectivity index (χ0n) is 12.0. The van der Waals surface area contributed by atoms with Crippen molar-refractivity contribution in [2.45, 2.75) is 63.2 Å². The molecular weight excluding hydrogens is 246 g/mol. The molecule has 108 valence electrons. The topological polar surface area (TPSA) is 38.3 Å². The third-order valence-electron chi connectivity index (χ3n) is 3.64. The number of methoxy groups -OCH3 is 1. The first-order valence-electron chi connectivity index (χ1n) is 7.39. The van der Waals surface area contributed by atoms with E-state index in [0.29, 0.717) is 11.3 Å². The fraction of sp³-hybridized carbons (Fsp3) is 1.00. The van der Waals surface area contributed by atoms with Crippen LogP contribution >= 0.6 is 0 Å². The van der Waals surface area contributed by atoms with Gasteiger partial charge < -0.3 is 10.1 Å². The summed E-state index contributed by atoms with van der Waals surface area (Å²) in [6.45, 7) is 3.97. The van der Waals surface area contributed by atoms with E-state index >= 15 is 0 Å². The molecule has 0 radical (unpaired) electrons. The highest BCUT2D eigenvalue weighted by Crippen LogP contribution is 2.22. The van der Waals surface area contributed by atoms with Crippen LogP contribution in [0.25, 0.3) is 0 Å². The lowest BCUT2D eigenvalue weighted by Gasteiger charge is -2.25. The molecule has 3 nitrogen and oxygen atoms in total. The first kappa shape index (κ1) is 16.1. The van der Waals surface area contributed by atoms with Crippen LogP contribution in [0.5, 0.6) is 0 Å². The minimum Gasteiger partial charge on any atom is -0.385 e. The molecule has 1 aliphatic rings. The summed E-state index contributed by atoms with van der Waals surface area (Å²) in [4.78, 5) is 0. The van der Waals surface area contributed by atoms with Gasteiger partial charge in [0.1, 0.15) is 0 Å². The molecule has 3 atom stereocenters. The Labute approximate surface area is 115 Å². The van der Waals surface area contributed by atoms with Gasteiger partial charge >= 0.3 is 0 Å². The molecule has 0 aromatic rings. The molecule has 0 saturated heterocycles. The Morgan fingerprint density at radius 1 is 1.28 bits per heavy atom. The highest BCUT2D eigenvalue weighted by molar-refractivity contribution is 7.85. The van der Waals surface area contributed by atoms with Crippen molar-refractivity contribution in [1.82, 2.24) is 5.32 Å². The van der Waals surface area contributed by atoms with E-state index in [0.717, 1.165) is 38.2 Å². The molecule has 1 aliphatic carbocycles. The zero-order chi connectivity index (χ0) is 13.2. The zero-order valence-corrected chi connectivity index (χ0v) is 12.8. The largest absolute Gasteiger partial charge is 0.385 e. The molecule has 1 rings (SSSR count). The lowest BCUT2D eigenvalue weighted by Crippen LogP contribution is -2.42. The molecule has 4 heteroatoms. The highest BCUT2D eigenvalue weighted by atomic mass is 32.2. The minimum atomic E-state index is -0.695. The quantitative estimate of drug-likeness (QED) is 0.546. The maximum atomic E-state index is 12.4. The monoisotopic (exact) mass is 275 g/mol. The van der Waals surface area contributed by atoms with E-state index in [1.165, 1.54) is 25.7 Å². The van der Waals surface area contributed by atoms with Crippen molar-refractivity contribution in [1.29, 1.82) is 0 Å². The number of ether oxygens (including phenoxy) is 1. The van der Waals surface area contributed by atoms with Crippen LogP contribution in [0.2, 0.25) is 0 Å². The third-order valence-corrected chi connectivity index (χ3v) is 5.57. The molecule has 1 saturated carbocycles. The molecule has 1 fully saturated rings. The second-order valence-corrected chi connectivity index (χ2v) is 6.94. The van der Waals surface area contributed by atoms with Gasteiger partial charge in [0.15, 0.2) is 0 Å². The summed E-state index contributed by atoms with van der Waals surface area (Å²) in [6.07, 6.45) is 8.22. The Kier molecular flexibility index (Phi) is 8.90. The smallest absolute Gasteiger partial charge is 0.0501 e. The Bertz CT molecular complexity index is 236. The Morgan fingerprint density at radius 3 is 2.78 bits per heavy atom. The van der Waals surface area contributed by atoms with Crippen LogP contribution in [-0.4, -0.2) is 41.5 Å². The van der Waals surface area contributed by atoms with Gasteiger partial charge in [0.25, 0.3) is 0 Å². The number of rotatable bonds is 8. The fourth-order valence-corrected chi connectivity index (χ4v) is 4.38. The van der Waals surface area contributed by atoms with Crippen molar-refractivity contribution in [3.05, 3.63) is 0 Å². The van der Waals surface area contributed by atoms with Crippen LogP contribution < -0.4 is 5.32 Å². The lowest BCUT2D eigenvalue weighted by atomic mass is 10.1. The van der Waals surface area contributed by atoms with Crippen molar-refractivity contribution in [3.63, 3.8) is 0 Å². The summed E-state index contributed by atoms with van der Waals surface area (Å²) >= 11 is 0. The van der Waals surface area contributed by atoms with Gasteiger partial charge in [0.05, 0.1) is 5.25 Å². The van der Waals surface area contributed by atoms with Crippen LogP contribution in [-0.2, 0) is 15.5 Å². The van der Waals surface area contributed by atoms with Crippen molar-refractivity contribution in [2.24, 2.45) is 0 Å². The first-order chi connectivity index (χ1) is 8.79. The molecule has 0 bridgehead atoms. The fourth-order valence-electron chi connectivity index (χ4n) is 2.65. The summed E-state index contributed by atoms with van der Waals surface area (Å²) in [5.74, 6) is 0.794. The van der Waals surface area contributed by atoms with Gasteiger partial charge in [-0.3, -0.25) is 4.21 Å². The molecule has 0 spiro atoms. The molecule has 0 amide bonds. The van der Waals surface area contributed by atoms with Gasteiger partial charge in [-0.25, -0.2) is 0 Å². The molecule has 3 unspecified atom stereocenters. The van der Waals surface area contributed by atoms with Crippen LogP contribution in [0.15, 0.2) is 0 Å². The third kappa shape index (κ3) is 5.81. The Balaban J connectivity index is 2.46. The summed E-state index contributed by atoms with van der Waals surface area (Å²) in [6, 6.07) is 0.468. The van der Waals surface area contributed by atoms with Gasteiger partial charge in [-0.1, -0.05) is 26.2 Å². The number of hydrogen-bond acceptors (Lipinski definition) is 3. The molecule has 18 heavy (non-hydrogen) atoms. The average Bonchev–Trinajstić information content (AvgIpc) is 2.61. The van der Waals surface area contributed by atoms with Crippen molar-refractivity contribution in [2.75, 3.05) is 26.0 Å². The molecule has 0 aliphatic heterocycles. The molecular formula is C14H29NO2S. The van der Waals surface area contributed by atoms with E-state index in [1.807, 2.05) is 0 Å². The van der Waals surface area contributed by atoms with Crippen LogP contribution in [0.4, 0.5) is 0 Å². The van der Waals surface area contributed by atoms with E-state index in [2.05, 4.69) is 12.2 Å². The molecule has 1 N–H and O–H groups in total. The van der Waals surface area contributed by atoms with Crippen LogP contribution in [0.3, 0.4) is 0 Å². The maximum Gasteiger partial charge on any atom is 0.0501 e. The summed E-state index contributed by atoms with van der Waals surface area (Å²) in [5.41, 5.74) is 0. The van der Waals surface area contributed by atoms with Crippen molar-refractivity contribution >= 4 is 10.8 Å². The second kappa shape index (κ2) is 9.93.